The van der Waals surface area contributed by atoms with E-state index >= 15 is 0 Å². The number of carbonyl (C=O) groups excluding carboxylic acids is 2. The fraction of sp³-hybridized carbons (Fsp3) is 0.429. The number of hydrogen-bond acceptors (Lipinski definition) is 3. The summed E-state index contributed by atoms with van der Waals surface area (Å²) in [5.74, 6) is -0.154. The van der Waals surface area contributed by atoms with Crippen molar-refractivity contribution in [1.82, 2.24) is 5.32 Å². The number of thioether (sulfide) groups is 1. The highest BCUT2D eigenvalue weighted by Crippen LogP contribution is 2.35. The van der Waals surface area contributed by atoms with Crippen LogP contribution >= 0.6 is 11.8 Å². The number of hydrogen-bond donors (Lipinski definition) is 2. The Bertz CT molecular complexity index is 535. The summed E-state index contributed by atoms with van der Waals surface area (Å²) < 4.78 is 0. The van der Waals surface area contributed by atoms with Crippen LogP contribution in [0.15, 0.2) is 23.1 Å². The monoisotopic (exact) mass is 278 g/mol. The molecule has 1 heterocycles. The van der Waals surface area contributed by atoms with Gasteiger partial charge in [0.15, 0.2) is 0 Å². The summed E-state index contributed by atoms with van der Waals surface area (Å²) in [7, 11) is 0. The van der Waals surface area contributed by atoms with Crippen LogP contribution in [0.1, 0.15) is 38.1 Å². The highest BCUT2D eigenvalue weighted by molar-refractivity contribution is 8.00. The molecule has 5 heteroatoms. The normalized spacial score (nSPS) is 18.5. The Morgan fingerprint density at radius 2 is 2.05 bits per heavy atom. The molecule has 1 aliphatic heterocycles. The zero-order valence-electron chi connectivity index (χ0n) is 11.5. The van der Waals surface area contributed by atoms with Crippen molar-refractivity contribution >= 4 is 29.3 Å². The Kier molecular flexibility index (Phi) is 3.58. The summed E-state index contributed by atoms with van der Waals surface area (Å²) in [4.78, 5) is 24.7. The highest BCUT2D eigenvalue weighted by Gasteiger charge is 2.24. The second-order valence-corrected chi connectivity index (χ2v) is 7.05. The molecule has 0 saturated heterocycles. The summed E-state index contributed by atoms with van der Waals surface area (Å²) in [5.41, 5.74) is 0.998. The average Bonchev–Trinajstić information content (AvgIpc) is 2.27. The average molecular weight is 278 g/mol. The standard InChI is InChI=1S/C14H18N2O2S/c1-8-12(17)15-10-7-9(5-6-11(10)19-8)13(18)16-14(2,3)4/h5-8H,1-4H3,(H,15,17)(H,16,18). The van der Waals surface area contributed by atoms with Crippen molar-refractivity contribution in [2.45, 2.75) is 43.4 Å². The maximum Gasteiger partial charge on any atom is 0.251 e. The van der Waals surface area contributed by atoms with Crippen LogP contribution in [0.4, 0.5) is 5.69 Å². The van der Waals surface area contributed by atoms with Crippen molar-refractivity contribution < 1.29 is 9.59 Å². The lowest BCUT2D eigenvalue weighted by molar-refractivity contribution is -0.115. The van der Waals surface area contributed by atoms with E-state index in [2.05, 4.69) is 10.6 Å². The van der Waals surface area contributed by atoms with Crippen LogP contribution in [0.2, 0.25) is 0 Å². The van der Waals surface area contributed by atoms with Crippen LogP contribution in [0.3, 0.4) is 0 Å². The Morgan fingerprint density at radius 3 is 2.68 bits per heavy atom. The van der Waals surface area contributed by atoms with Gasteiger partial charge in [-0.3, -0.25) is 9.59 Å². The van der Waals surface area contributed by atoms with Gasteiger partial charge in [0.1, 0.15) is 0 Å². The van der Waals surface area contributed by atoms with Gasteiger partial charge < -0.3 is 10.6 Å². The predicted molar refractivity (Wildman–Crippen MR) is 77.6 cm³/mol. The van der Waals surface area contributed by atoms with Gasteiger partial charge in [-0.1, -0.05) is 0 Å². The number of carbonyl (C=O) groups is 2. The van der Waals surface area contributed by atoms with E-state index in [0.29, 0.717) is 5.56 Å². The minimum Gasteiger partial charge on any atom is -0.347 e. The zero-order chi connectivity index (χ0) is 14.2. The molecular formula is C14H18N2O2S. The van der Waals surface area contributed by atoms with Crippen LogP contribution < -0.4 is 10.6 Å². The van der Waals surface area contributed by atoms with E-state index in [1.165, 1.54) is 11.8 Å². The van der Waals surface area contributed by atoms with Crippen molar-refractivity contribution in [3.05, 3.63) is 23.8 Å². The fourth-order valence-electron chi connectivity index (χ4n) is 1.76. The number of benzene rings is 1. The fourth-order valence-corrected chi connectivity index (χ4v) is 2.69. The maximum atomic E-state index is 12.1. The number of fused-ring (bicyclic) bond motifs is 1. The highest BCUT2D eigenvalue weighted by atomic mass is 32.2. The van der Waals surface area contributed by atoms with E-state index in [1.807, 2.05) is 33.8 Å². The van der Waals surface area contributed by atoms with Crippen molar-refractivity contribution in [3.8, 4) is 0 Å². The summed E-state index contributed by atoms with van der Waals surface area (Å²) in [5, 5.41) is 5.64. The number of nitrogens with one attached hydrogen (secondary N) is 2. The first-order chi connectivity index (χ1) is 8.76. The molecule has 102 valence electrons. The molecule has 0 aliphatic carbocycles. The minimum absolute atomic E-state index is 0.0223. The third kappa shape index (κ3) is 3.29. The van der Waals surface area contributed by atoms with Crippen molar-refractivity contribution in [2.24, 2.45) is 0 Å². The first kappa shape index (κ1) is 13.9. The maximum absolute atomic E-state index is 12.1. The molecule has 1 unspecified atom stereocenters. The van der Waals surface area contributed by atoms with E-state index in [1.54, 1.807) is 12.1 Å². The molecule has 0 saturated carbocycles. The van der Waals surface area contributed by atoms with Crippen LogP contribution in [-0.2, 0) is 4.79 Å². The minimum atomic E-state index is -0.278. The lowest BCUT2D eigenvalue weighted by Gasteiger charge is -2.23. The van der Waals surface area contributed by atoms with Gasteiger partial charge in [-0.05, 0) is 45.9 Å². The van der Waals surface area contributed by atoms with Crippen LogP contribution in [0.5, 0.6) is 0 Å². The zero-order valence-corrected chi connectivity index (χ0v) is 12.4. The molecule has 4 nitrogen and oxygen atoms in total. The smallest absolute Gasteiger partial charge is 0.251 e. The first-order valence-corrected chi connectivity index (χ1v) is 7.08. The molecule has 1 atom stereocenters. The van der Waals surface area contributed by atoms with Gasteiger partial charge >= 0.3 is 0 Å². The molecule has 0 aromatic heterocycles. The third-order valence-corrected chi connectivity index (χ3v) is 3.84. The lowest BCUT2D eigenvalue weighted by Crippen LogP contribution is -2.40. The second kappa shape index (κ2) is 4.89. The molecule has 1 aromatic carbocycles. The Morgan fingerprint density at radius 1 is 1.37 bits per heavy atom. The molecule has 0 spiro atoms. The van der Waals surface area contributed by atoms with Crippen molar-refractivity contribution in [1.29, 1.82) is 0 Å². The van der Waals surface area contributed by atoms with Gasteiger partial charge in [0.25, 0.3) is 5.91 Å². The van der Waals surface area contributed by atoms with Gasteiger partial charge in [0, 0.05) is 16.0 Å². The Hall–Kier alpha value is -1.49. The van der Waals surface area contributed by atoms with Crippen LogP contribution in [0.25, 0.3) is 0 Å². The third-order valence-electron chi connectivity index (χ3n) is 2.66. The van der Waals surface area contributed by atoms with Gasteiger partial charge in [0.2, 0.25) is 5.91 Å². The van der Waals surface area contributed by atoms with Gasteiger partial charge in [-0.15, -0.1) is 11.8 Å². The molecule has 0 fully saturated rings. The van der Waals surface area contributed by atoms with Crippen molar-refractivity contribution in [2.75, 3.05) is 5.32 Å². The molecule has 1 aromatic rings. The van der Waals surface area contributed by atoms with Gasteiger partial charge in [0.05, 0.1) is 10.9 Å². The quantitative estimate of drug-likeness (QED) is 0.830. The van der Waals surface area contributed by atoms with E-state index in [-0.39, 0.29) is 22.6 Å². The van der Waals surface area contributed by atoms with E-state index in [0.717, 1.165) is 10.6 Å². The largest absolute Gasteiger partial charge is 0.347 e. The topological polar surface area (TPSA) is 58.2 Å². The van der Waals surface area contributed by atoms with E-state index in [9.17, 15) is 9.59 Å². The summed E-state index contributed by atoms with van der Waals surface area (Å²) in [6.45, 7) is 7.66. The molecule has 0 radical (unpaired) electrons. The number of anilines is 1. The second-order valence-electron chi connectivity index (χ2n) is 5.66. The summed E-state index contributed by atoms with van der Waals surface area (Å²) in [6.07, 6.45) is 0. The van der Waals surface area contributed by atoms with E-state index in [4.69, 9.17) is 0 Å². The molecule has 0 bridgehead atoms. The molecule has 2 rings (SSSR count). The Balaban J connectivity index is 2.24. The number of amides is 2. The first-order valence-electron chi connectivity index (χ1n) is 6.20. The summed E-state index contributed by atoms with van der Waals surface area (Å²) in [6, 6.07) is 5.40. The predicted octanol–water partition coefficient (Wildman–Crippen LogP) is 2.65. The van der Waals surface area contributed by atoms with Crippen molar-refractivity contribution in [3.63, 3.8) is 0 Å². The SMILES string of the molecule is CC1Sc2ccc(C(=O)NC(C)(C)C)cc2NC1=O. The molecule has 2 N–H and O–H groups in total. The summed E-state index contributed by atoms with van der Waals surface area (Å²) >= 11 is 1.51. The van der Waals surface area contributed by atoms with Crippen LogP contribution in [-0.4, -0.2) is 22.6 Å². The molecule has 19 heavy (non-hydrogen) atoms. The van der Waals surface area contributed by atoms with Gasteiger partial charge in [-0.25, -0.2) is 0 Å². The van der Waals surface area contributed by atoms with Crippen LogP contribution in [0, 0.1) is 0 Å². The van der Waals surface area contributed by atoms with E-state index < -0.39 is 0 Å². The molecule has 1 aliphatic rings. The Labute approximate surface area is 117 Å². The van der Waals surface area contributed by atoms with Gasteiger partial charge in [-0.2, -0.15) is 0 Å². The molecular weight excluding hydrogens is 260 g/mol. The lowest BCUT2D eigenvalue weighted by atomic mass is 10.1. The molecule has 2 amide bonds. The number of rotatable bonds is 1.